The molecule has 0 radical (unpaired) electrons. The minimum Gasteiger partial charge on any atom is -0.493 e. The fourth-order valence-electron chi connectivity index (χ4n) is 7.13. The van der Waals surface area contributed by atoms with Gasteiger partial charge in [0.05, 0.1) is 33.1 Å². The molecule has 236 valence electrons. The van der Waals surface area contributed by atoms with Gasteiger partial charge in [-0.25, -0.2) is 0 Å². The van der Waals surface area contributed by atoms with Crippen LogP contribution < -0.4 is 35.6 Å². The first-order chi connectivity index (χ1) is 21.3. The van der Waals surface area contributed by atoms with E-state index in [2.05, 4.69) is 28.1 Å². The number of allylic oxidation sites excluding steroid dienone is 2. The minimum absolute atomic E-state index is 0.127. The number of unbranched alkanes of at least 4 members (excludes halogenated alkanes) is 2. The van der Waals surface area contributed by atoms with E-state index in [1.807, 2.05) is 12.1 Å². The molecule has 5 rings (SSSR count). The summed E-state index contributed by atoms with van der Waals surface area (Å²) in [5.74, 6) is 3.48. The van der Waals surface area contributed by atoms with Crippen LogP contribution in [0.1, 0.15) is 69.0 Å². The second-order valence-corrected chi connectivity index (χ2v) is 12.2. The van der Waals surface area contributed by atoms with Crippen molar-refractivity contribution in [3.05, 3.63) is 57.8 Å². The van der Waals surface area contributed by atoms with Gasteiger partial charge in [0.1, 0.15) is 0 Å². The summed E-state index contributed by atoms with van der Waals surface area (Å²) in [7, 11) is 4.74. The van der Waals surface area contributed by atoms with Crippen LogP contribution in [0.3, 0.4) is 0 Å². The molecule has 0 saturated heterocycles. The van der Waals surface area contributed by atoms with Gasteiger partial charge in [-0.05, 0) is 91.2 Å². The molecule has 3 N–H and O–H groups in total. The zero-order valence-electron chi connectivity index (χ0n) is 26.3. The van der Waals surface area contributed by atoms with Crippen molar-refractivity contribution in [3.8, 4) is 28.4 Å². The van der Waals surface area contributed by atoms with E-state index < -0.39 is 0 Å². The van der Waals surface area contributed by atoms with Crippen molar-refractivity contribution >= 4 is 17.5 Å². The molecule has 0 heterocycles. The molecule has 2 bridgehead atoms. The van der Waals surface area contributed by atoms with Crippen molar-refractivity contribution in [3.63, 3.8) is 0 Å². The van der Waals surface area contributed by atoms with Gasteiger partial charge in [0.15, 0.2) is 11.5 Å². The number of hydrogen-bond donors (Lipinski definition) is 3. The van der Waals surface area contributed by atoms with Crippen LogP contribution in [0.25, 0.3) is 11.1 Å². The molecule has 2 aromatic carbocycles. The van der Waals surface area contributed by atoms with Crippen LogP contribution in [0.15, 0.2) is 41.2 Å². The second kappa shape index (κ2) is 14.2. The minimum atomic E-state index is -0.351. The third kappa shape index (κ3) is 6.87. The maximum atomic E-state index is 13.5. The Morgan fingerprint density at radius 1 is 0.955 bits per heavy atom. The summed E-state index contributed by atoms with van der Waals surface area (Å²) in [6, 6.07) is 6.94. The molecule has 3 aliphatic rings. The highest BCUT2D eigenvalue weighted by Gasteiger charge is 2.35. The first-order valence-electron chi connectivity index (χ1n) is 15.8. The molecule has 3 aliphatic carbocycles. The first-order valence-corrected chi connectivity index (χ1v) is 15.8. The van der Waals surface area contributed by atoms with Gasteiger partial charge in [-0.1, -0.05) is 24.6 Å². The number of aryl methyl sites for hydroxylation is 1. The summed E-state index contributed by atoms with van der Waals surface area (Å²) in [6.07, 6.45) is 11.4. The van der Waals surface area contributed by atoms with Gasteiger partial charge >= 0.3 is 0 Å². The molecule has 1 saturated carbocycles. The van der Waals surface area contributed by atoms with Crippen LogP contribution in [0.5, 0.6) is 17.2 Å². The lowest BCUT2D eigenvalue weighted by molar-refractivity contribution is -0.121. The number of carbonyl (C=O) groups is 2. The molecular formula is C35H45N3O6. The van der Waals surface area contributed by atoms with Gasteiger partial charge in [-0.2, -0.15) is 0 Å². The summed E-state index contributed by atoms with van der Waals surface area (Å²) < 4.78 is 17.1. The summed E-state index contributed by atoms with van der Waals surface area (Å²) in [5, 5.41) is 9.47. The predicted molar refractivity (Wildman–Crippen MR) is 171 cm³/mol. The standard InChI is InChI=1S/C35H45N3O6/c1-21(39)38-28-13-11-24-18-31(42-2)34(43-3)35(44-4)33(24)26-12-14-29(30(40)19-27(26)28)36-15-7-5-6-8-32(41)37-20-25-17-22-9-10-23(25)16-22/h9-10,12,14,18-19,22-23,25,28H,5-8,11,13,15-17,20H2,1-4H3,(H,36,40)(H,37,41)(H,38,39)/t22-,23+,25+,28+/m1/s1. The molecule has 44 heavy (non-hydrogen) atoms. The van der Waals surface area contributed by atoms with Crippen molar-refractivity contribution in [2.24, 2.45) is 17.8 Å². The van der Waals surface area contributed by atoms with E-state index in [4.69, 9.17) is 14.2 Å². The Morgan fingerprint density at radius 2 is 1.77 bits per heavy atom. The fourth-order valence-corrected chi connectivity index (χ4v) is 7.13. The van der Waals surface area contributed by atoms with Crippen molar-refractivity contribution in [1.82, 2.24) is 10.6 Å². The number of ether oxygens (including phenoxy) is 3. The number of methoxy groups -OCH3 is 3. The molecule has 0 aromatic heterocycles. The van der Waals surface area contributed by atoms with Crippen LogP contribution in [-0.2, 0) is 16.0 Å². The number of amides is 2. The lowest BCUT2D eigenvalue weighted by atomic mass is 9.93. The van der Waals surface area contributed by atoms with Crippen molar-refractivity contribution < 1.29 is 23.8 Å². The molecule has 2 aromatic rings. The topological polar surface area (TPSA) is 115 Å². The molecular weight excluding hydrogens is 558 g/mol. The molecule has 0 unspecified atom stereocenters. The highest BCUT2D eigenvalue weighted by Crippen LogP contribution is 2.50. The van der Waals surface area contributed by atoms with Crippen molar-refractivity contribution in [2.45, 2.75) is 64.3 Å². The van der Waals surface area contributed by atoms with Gasteiger partial charge in [-0.3, -0.25) is 14.4 Å². The zero-order valence-corrected chi connectivity index (χ0v) is 26.3. The van der Waals surface area contributed by atoms with Gasteiger partial charge in [-0.15, -0.1) is 0 Å². The molecule has 9 nitrogen and oxygen atoms in total. The molecule has 0 aliphatic heterocycles. The molecule has 9 heteroatoms. The maximum Gasteiger partial charge on any atom is 0.220 e. The van der Waals surface area contributed by atoms with Gasteiger partial charge in [0, 0.05) is 32.0 Å². The Kier molecular flexibility index (Phi) is 10.1. The number of anilines is 1. The molecule has 2 amide bonds. The van der Waals surface area contributed by atoms with Crippen LogP contribution in [-0.4, -0.2) is 46.2 Å². The summed E-state index contributed by atoms with van der Waals surface area (Å²) in [6.45, 7) is 2.88. The first kappa shape index (κ1) is 31.4. The van der Waals surface area contributed by atoms with Crippen molar-refractivity contribution in [1.29, 1.82) is 0 Å². The number of hydrogen-bond acceptors (Lipinski definition) is 7. The van der Waals surface area contributed by atoms with E-state index in [1.54, 1.807) is 33.5 Å². The number of carbonyl (C=O) groups excluding carboxylic acids is 2. The molecule has 0 spiro atoms. The van der Waals surface area contributed by atoms with Crippen LogP contribution in [0.4, 0.5) is 5.69 Å². The number of nitrogens with one attached hydrogen (secondary N) is 3. The Bertz CT molecular complexity index is 1470. The number of rotatable bonds is 13. The highest BCUT2D eigenvalue weighted by atomic mass is 16.5. The van der Waals surface area contributed by atoms with Gasteiger partial charge in [0.25, 0.3) is 0 Å². The largest absolute Gasteiger partial charge is 0.493 e. The van der Waals surface area contributed by atoms with Crippen LogP contribution in [0, 0.1) is 17.8 Å². The molecule has 4 atom stereocenters. The smallest absolute Gasteiger partial charge is 0.220 e. The summed E-state index contributed by atoms with van der Waals surface area (Å²) in [4.78, 5) is 38.0. The van der Waals surface area contributed by atoms with E-state index in [0.29, 0.717) is 60.6 Å². The van der Waals surface area contributed by atoms with Crippen LogP contribution in [0.2, 0.25) is 0 Å². The number of benzene rings is 1. The Balaban J connectivity index is 1.25. The second-order valence-electron chi connectivity index (χ2n) is 12.2. The van der Waals surface area contributed by atoms with E-state index in [9.17, 15) is 14.4 Å². The number of fused-ring (bicyclic) bond motifs is 5. The fraction of sp³-hybridized carbons (Fsp3) is 0.514. The Morgan fingerprint density at radius 3 is 2.45 bits per heavy atom. The zero-order chi connectivity index (χ0) is 31.2. The summed E-state index contributed by atoms with van der Waals surface area (Å²) >= 11 is 0. The monoisotopic (exact) mass is 603 g/mol. The Labute approximate surface area is 259 Å². The van der Waals surface area contributed by atoms with E-state index in [-0.39, 0.29) is 23.3 Å². The third-order valence-corrected chi connectivity index (χ3v) is 9.29. The lowest BCUT2D eigenvalue weighted by Crippen LogP contribution is -2.30. The Hall–Kier alpha value is -4.01. The lowest BCUT2D eigenvalue weighted by Gasteiger charge is -2.19. The normalized spacial score (nSPS) is 21.1. The maximum absolute atomic E-state index is 13.5. The quantitative estimate of drug-likeness (QED) is 0.214. The van der Waals surface area contributed by atoms with Gasteiger partial charge < -0.3 is 30.2 Å². The van der Waals surface area contributed by atoms with E-state index in [1.165, 1.54) is 19.8 Å². The average molecular weight is 604 g/mol. The predicted octanol–water partition coefficient (Wildman–Crippen LogP) is 5.16. The van der Waals surface area contributed by atoms with E-state index in [0.717, 1.165) is 54.0 Å². The van der Waals surface area contributed by atoms with Crippen molar-refractivity contribution in [2.75, 3.05) is 39.7 Å². The van der Waals surface area contributed by atoms with Gasteiger partial charge in [0.2, 0.25) is 23.0 Å². The summed E-state index contributed by atoms with van der Waals surface area (Å²) in [5.41, 5.74) is 3.67. The SMILES string of the molecule is COc1cc2c(c(OC)c1OC)-c1ccc(NCCCCCC(=O)NC[C@@H]3C[C@@H]4C=C[C@H]3C4)c(=O)cc1[C@@H](NC(C)=O)CC2. The highest BCUT2D eigenvalue weighted by molar-refractivity contribution is 5.83. The van der Waals surface area contributed by atoms with E-state index >= 15 is 0 Å². The third-order valence-electron chi connectivity index (χ3n) is 9.29. The average Bonchev–Trinajstić information content (AvgIpc) is 3.57. The molecule has 1 fully saturated rings. The van der Waals surface area contributed by atoms with Crippen LogP contribution >= 0.6 is 0 Å².